The van der Waals surface area contributed by atoms with Crippen LogP contribution in [0.25, 0.3) is 0 Å². The van der Waals surface area contributed by atoms with E-state index in [0.717, 1.165) is 18.5 Å². The summed E-state index contributed by atoms with van der Waals surface area (Å²) in [6.45, 7) is 3.00. The SMILES string of the molecule is CCC(NCc1cc(C#N)cs1)c1ccccc1. The highest BCUT2D eigenvalue weighted by Gasteiger charge is 2.08. The number of benzene rings is 1. The van der Waals surface area contributed by atoms with Crippen LogP contribution in [0.3, 0.4) is 0 Å². The zero-order valence-corrected chi connectivity index (χ0v) is 11.2. The van der Waals surface area contributed by atoms with E-state index >= 15 is 0 Å². The molecule has 2 nitrogen and oxygen atoms in total. The Morgan fingerprint density at radius 1 is 1.33 bits per heavy atom. The van der Waals surface area contributed by atoms with Crippen molar-refractivity contribution in [2.45, 2.75) is 25.9 Å². The van der Waals surface area contributed by atoms with Crippen LogP contribution in [0.5, 0.6) is 0 Å². The molecule has 0 saturated heterocycles. The van der Waals surface area contributed by atoms with Gasteiger partial charge in [-0.15, -0.1) is 11.3 Å². The molecular formula is C15H16N2S. The van der Waals surface area contributed by atoms with Gasteiger partial charge in [0.25, 0.3) is 0 Å². The van der Waals surface area contributed by atoms with E-state index in [9.17, 15) is 0 Å². The van der Waals surface area contributed by atoms with E-state index < -0.39 is 0 Å². The number of nitrogens with one attached hydrogen (secondary N) is 1. The van der Waals surface area contributed by atoms with Crippen molar-refractivity contribution in [3.63, 3.8) is 0 Å². The number of nitrogens with zero attached hydrogens (tertiary/aromatic N) is 1. The lowest BCUT2D eigenvalue weighted by atomic mass is 10.0. The maximum atomic E-state index is 8.79. The molecule has 1 unspecified atom stereocenters. The van der Waals surface area contributed by atoms with Crippen LogP contribution in [0.1, 0.15) is 35.4 Å². The van der Waals surface area contributed by atoms with Crippen molar-refractivity contribution >= 4 is 11.3 Å². The molecule has 92 valence electrons. The molecule has 0 aliphatic carbocycles. The normalized spacial score (nSPS) is 12.0. The van der Waals surface area contributed by atoms with Crippen molar-refractivity contribution in [2.75, 3.05) is 0 Å². The summed E-state index contributed by atoms with van der Waals surface area (Å²) in [5.74, 6) is 0. The fourth-order valence-electron chi connectivity index (χ4n) is 1.94. The summed E-state index contributed by atoms with van der Waals surface area (Å²) in [6, 6.07) is 15.0. The molecule has 2 rings (SSSR count). The third-order valence-corrected chi connectivity index (χ3v) is 3.85. The molecule has 0 bridgehead atoms. The second-order valence-electron chi connectivity index (χ2n) is 4.17. The summed E-state index contributed by atoms with van der Waals surface area (Å²) in [5, 5.41) is 14.2. The van der Waals surface area contributed by atoms with E-state index in [1.807, 2.05) is 17.5 Å². The Morgan fingerprint density at radius 2 is 2.11 bits per heavy atom. The third-order valence-electron chi connectivity index (χ3n) is 2.92. The molecule has 3 heteroatoms. The molecule has 1 atom stereocenters. The Labute approximate surface area is 112 Å². The minimum absolute atomic E-state index is 0.374. The first-order valence-electron chi connectivity index (χ1n) is 6.09. The van der Waals surface area contributed by atoms with Crippen LogP contribution in [0.15, 0.2) is 41.8 Å². The number of hydrogen-bond donors (Lipinski definition) is 1. The van der Waals surface area contributed by atoms with E-state index in [0.29, 0.717) is 6.04 Å². The highest BCUT2D eigenvalue weighted by molar-refractivity contribution is 7.10. The number of nitriles is 1. The smallest absolute Gasteiger partial charge is 0.100 e. The highest BCUT2D eigenvalue weighted by atomic mass is 32.1. The lowest BCUT2D eigenvalue weighted by Gasteiger charge is -2.16. The van der Waals surface area contributed by atoms with Gasteiger partial charge in [-0.05, 0) is 18.1 Å². The first-order valence-corrected chi connectivity index (χ1v) is 6.97. The molecule has 1 aromatic heterocycles. The van der Waals surface area contributed by atoms with Crippen LogP contribution >= 0.6 is 11.3 Å². The first-order chi connectivity index (χ1) is 8.83. The predicted molar refractivity (Wildman–Crippen MR) is 75.3 cm³/mol. The molecule has 1 aromatic carbocycles. The van der Waals surface area contributed by atoms with Gasteiger partial charge in [-0.3, -0.25) is 0 Å². The van der Waals surface area contributed by atoms with Gasteiger partial charge in [-0.2, -0.15) is 5.26 Å². The number of hydrogen-bond acceptors (Lipinski definition) is 3. The summed E-state index contributed by atoms with van der Waals surface area (Å²) >= 11 is 1.64. The zero-order valence-electron chi connectivity index (χ0n) is 10.4. The molecule has 0 saturated carbocycles. The van der Waals surface area contributed by atoms with E-state index in [1.165, 1.54) is 10.4 Å². The van der Waals surface area contributed by atoms with Crippen LogP contribution in [0.2, 0.25) is 0 Å². The molecule has 0 aliphatic heterocycles. The molecule has 0 amide bonds. The van der Waals surface area contributed by atoms with Gasteiger partial charge in [0.2, 0.25) is 0 Å². The van der Waals surface area contributed by atoms with E-state index in [4.69, 9.17) is 5.26 Å². The minimum atomic E-state index is 0.374. The van der Waals surface area contributed by atoms with Gasteiger partial charge < -0.3 is 5.32 Å². The fourth-order valence-corrected chi connectivity index (χ4v) is 2.70. The molecule has 1 N–H and O–H groups in total. The van der Waals surface area contributed by atoms with Gasteiger partial charge in [0.15, 0.2) is 0 Å². The van der Waals surface area contributed by atoms with E-state index in [2.05, 4.69) is 42.6 Å². The number of rotatable bonds is 5. The summed E-state index contributed by atoms with van der Waals surface area (Å²) in [4.78, 5) is 1.21. The van der Waals surface area contributed by atoms with E-state index in [-0.39, 0.29) is 0 Å². The maximum absolute atomic E-state index is 8.79. The Hall–Kier alpha value is -1.63. The van der Waals surface area contributed by atoms with Gasteiger partial charge in [-0.1, -0.05) is 37.3 Å². The van der Waals surface area contributed by atoms with Crippen molar-refractivity contribution < 1.29 is 0 Å². The predicted octanol–water partition coefficient (Wildman–Crippen LogP) is 3.86. The molecule has 0 spiro atoms. The monoisotopic (exact) mass is 256 g/mol. The van der Waals surface area contributed by atoms with Crippen LogP contribution < -0.4 is 5.32 Å². The molecule has 2 aromatic rings. The number of thiophene rings is 1. The minimum Gasteiger partial charge on any atom is -0.305 e. The zero-order chi connectivity index (χ0) is 12.8. The third kappa shape index (κ3) is 3.19. The van der Waals surface area contributed by atoms with Crippen LogP contribution in [-0.4, -0.2) is 0 Å². The topological polar surface area (TPSA) is 35.8 Å². The Kier molecular flexibility index (Phi) is 4.52. The largest absolute Gasteiger partial charge is 0.305 e. The second-order valence-corrected chi connectivity index (χ2v) is 5.16. The standard InChI is InChI=1S/C15H16N2S/c1-2-15(13-6-4-3-5-7-13)17-10-14-8-12(9-16)11-18-14/h3-8,11,15,17H,2,10H2,1H3. The van der Waals surface area contributed by atoms with Gasteiger partial charge in [0.1, 0.15) is 6.07 Å². The van der Waals surface area contributed by atoms with Gasteiger partial charge in [0, 0.05) is 22.8 Å². The Morgan fingerprint density at radius 3 is 2.72 bits per heavy atom. The summed E-state index contributed by atoms with van der Waals surface area (Å²) in [7, 11) is 0. The summed E-state index contributed by atoms with van der Waals surface area (Å²) in [5.41, 5.74) is 2.07. The van der Waals surface area contributed by atoms with Gasteiger partial charge >= 0.3 is 0 Å². The van der Waals surface area contributed by atoms with Crippen molar-refractivity contribution in [1.82, 2.24) is 5.32 Å². The fraction of sp³-hybridized carbons (Fsp3) is 0.267. The molecule has 1 heterocycles. The first kappa shape index (κ1) is 12.8. The average Bonchev–Trinajstić information content (AvgIpc) is 2.89. The van der Waals surface area contributed by atoms with Crippen molar-refractivity contribution in [3.8, 4) is 6.07 Å². The lowest BCUT2D eigenvalue weighted by molar-refractivity contribution is 0.522. The quantitative estimate of drug-likeness (QED) is 0.881. The molecule has 0 aliphatic rings. The van der Waals surface area contributed by atoms with Crippen molar-refractivity contribution in [2.24, 2.45) is 0 Å². The summed E-state index contributed by atoms with van der Waals surface area (Å²) in [6.07, 6.45) is 1.06. The van der Waals surface area contributed by atoms with Crippen LogP contribution in [-0.2, 0) is 6.54 Å². The highest BCUT2D eigenvalue weighted by Crippen LogP contribution is 2.19. The summed E-state index contributed by atoms with van der Waals surface area (Å²) < 4.78 is 0. The van der Waals surface area contributed by atoms with Gasteiger partial charge in [-0.25, -0.2) is 0 Å². The Balaban J connectivity index is 1.98. The average molecular weight is 256 g/mol. The van der Waals surface area contributed by atoms with Crippen molar-refractivity contribution in [3.05, 3.63) is 57.8 Å². The molecule has 0 fully saturated rings. The van der Waals surface area contributed by atoms with E-state index in [1.54, 1.807) is 11.3 Å². The van der Waals surface area contributed by atoms with Crippen molar-refractivity contribution in [1.29, 1.82) is 5.26 Å². The lowest BCUT2D eigenvalue weighted by Crippen LogP contribution is -2.19. The van der Waals surface area contributed by atoms with Gasteiger partial charge in [0.05, 0.1) is 5.56 Å². The van der Waals surface area contributed by atoms with Crippen LogP contribution in [0.4, 0.5) is 0 Å². The molecular weight excluding hydrogens is 240 g/mol. The Bertz CT molecular complexity index is 525. The molecule has 18 heavy (non-hydrogen) atoms. The second kappa shape index (κ2) is 6.34. The maximum Gasteiger partial charge on any atom is 0.100 e. The van der Waals surface area contributed by atoms with Crippen LogP contribution in [0, 0.1) is 11.3 Å². The molecule has 0 radical (unpaired) electrons.